The fourth-order valence-corrected chi connectivity index (χ4v) is 2.28. The van der Waals surface area contributed by atoms with E-state index in [1.165, 1.54) is 7.11 Å². The van der Waals surface area contributed by atoms with Crippen LogP contribution in [0.5, 0.6) is 5.75 Å². The lowest BCUT2D eigenvalue weighted by Crippen LogP contribution is -2.36. The summed E-state index contributed by atoms with van der Waals surface area (Å²) in [6.45, 7) is 1.59. The number of benzene rings is 2. The topological polar surface area (TPSA) is 62.1 Å². The van der Waals surface area contributed by atoms with Crippen LogP contribution < -0.4 is 10.1 Å². The fraction of sp³-hybridized carbons (Fsp3) is 0.176. The van der Waals surface area contributed by atoms with Gasteiger partial charge in [0.25, 0.3) is 0 Å². The fourth-order valence-electron chi connectivity index (χ4n) is 2.02. The zero-order valence-corrected chi connectivity index (χ0v) is 13.0. The van der Waals surface area contributed by atoms with Crippen molar-refractivity contribution in [2.75, 3.05) is 12.4 Å². The third-order valence-corrected chi connectivity index (χ3v) is 3.73. The summed E-state index contributed by atoms with van der Waals surface area (Å²) in [6.07, 6.45) is 0. The van der Waals surface area contributed by atoms with Gasteiger partial charge in [-0.1, -0.05) is 41.9 Å². The minimum absolute atomic E-state index is 0.388. The van der Waals surface area contributed by atoms with Crippen LogP contribution in [0.15, 0.2) is 48.5 Å². The zero-order chi connectivity index (χ0) is 16.2. The maximum atomic E-state index is 12.5. The van der Waals surface area contributed by atoms with Crippen molar-refractivity contribution in [1.29, 1.82) is 5.26 Å². The smallest absolute Gasteiger partial charge is 0.249 e. The Bertz CT molecular complexity index is 725. The molecule has 0 bridgehead atoms. The van der Waals surface area contributed by atoms with Crippen LogP contribution in [0.2, 0.25) is 5.02 Å². The highest BCUT2D eigenvalue weighted by Gasteiger charge is 2.35. The average molecular weight is 315 g/mol. The Morgan fingerprint density at radius 3 is 2.50 bits per heavy atom. The lowest BCUT2D eigenvalue weighted by molar-refractivity contribution is -0.119. The highest BCUT2D eigenvalue weighted by Crippen LogP contribution is 2.29. The Kier molecular flexibility index (Phi) is 4.69. The summed E-state index contributed by atoms with van der Waals surface area (Å²) >= 11 is 6.04. The molecule has 0 heterocycles. The molecular weight excluding hydrogens is 300 g/mol. The van der Waals surface area contributed by atoms with Crippen LogP contribution in [0.25, 0.3) is 0 Å². The van der Waals surface area contributed by atoms with Crippen molar-refractivity contribution in [3.05, 3.63) is 59.1 Å². The normalized spacial score (nSPS) is 12.8. The molecule has 0 aliphatic rings. The van der Waals surface area contributed by atoms with Crippen molar-refractivity contribution in [3.63, 3.8) is 0 Å². The average Bonchev–Trinajstić information content (AvgIpc) is 2.55. The molecule has 1 amide bonds. The highest BCUT2D eigenvalue weighted by molar-refractivity contribution is 6.32. The second kappa shape index (κ2) is 6.50. The first-order valence-corrected chi connectivity index (χ1v) is 7.01. The van der Waals surface area contributed by atoms with E-state index in [0.717, 1.165) is 0 Å². The Labute approximate surface area is 134 Å². The summed E-state index contributed by atoms with van der Waals surface area (Å²) in [5, 5.41) is 12.6. The number of halogens is 1. The van der Waals surface area contributed by atoms with Crippen molar-refractivity contribution in [1.82, 2.24) is 0 Å². The van der Waals surface area contributed by atoms with E-state index in [1.807, 2.05) is 6.07 Å². The monoisotopic (exact) mass is 314 g/mol. The Morgan fingerprint density at radius 1 is 1.27 bits per heavy atom. The molecule has 0 spiro atoms. The van der Waals surface area contributed by atoms with E-state index in [4.69, 9.17) is 16.3 Å². The summed E-state index contributed by atoms with van der Waals surface area (Å²) in [4.78, 5) is 12.5. The summed E-state index contributed by atoms with van der Waals surface area (Å²) < 4.78 is 5.07. The predicted octanol–water partition coefficient (Wildman–Crippen LogP) is 3.77. The summed E-state index contributed by atoms with van der Waals surface area (Å²) in [5.41, 5.74) is -0.143. The Balaban J connectivity index is 2.27. The standard InChI is InChI=1S/C17H15ClN2O2/c1-17(11-19,12-6-4-3-5-7-12)16(21)20-13-8-9-15(22-2)14(18)10-13/h3-10H,1-2H3,(H,20,21). The molecule has 1 atom stereocenters. The molecule has 0 aliphatic carbocycles. The van der Waals surface area contributed by atoms with Gasteiger partial charge in [0.2, 0.25) is 5.91 Å². The van der Waals surface area contributed by atoms with Crippen molar-refractivity contribution < 1.29 is 9.53 Å². The molecule has 0 aliphatic heterocycles. The summed E-state index contributed by atoms with van der Waals surface area (Å²) in [7, 11) is 1.52. The number of anilines is 1. The van der Waals surface area contributed by atoms with Gasteiger partial charge in [-0.2, -0.15) is 5.26 Å². The van der Waals surface area contributed by atoms with Crippen LogP contribution in [-0.2, 0) is 10.2 Å². The number of amides is 1. The number of carbonyl (C=O) groups excluding carboxylic acids is 1. The van der Waals surface area contributed by atoms with Crippen molar-refractivity contribution in [2.45, 2.75) is 12.3 Å². The van der Waals surface area contributed by atoms with Gasteiger partial charge in [0.15, 0.2) is 5.41 Å². The minimum atomic E-state index is -1.28. The number of carbonyl (C=O) groups is 1. The van der Waals surface area contributed by atoms with Crippen LogP contribution in [0.4, 0.5) is 5.69 Å². The number of nitrogens with zero attached hydrogens (tertiary/aromatic N) is 1. The number of hydrogen-bond acceptors (Lipinski definition) is 3. The van der Waals surface area contributed by atoms with Crippen LogP contribution in [0.3, 0.4) is 0 Å². The second-order valence-corrected chi connectivity index (χ2v) is 5.31. The van der Waals surface area contributed by atoms with Gasteiger partial charge in [-0.15, -0.1) is 0 Å². The molecule has 22 heavy (non-hydrogen) atoms. The molecule has 4 nitrogen and oxygen atoms in total. The van der Waals surface area contributed by atoms with Gasteiger partial charge < -0.3 is 10.1 Å². The van der Waals surface area contributed by atoms with Crippen molar-refractivity contribution in [3.8, 4) is 11.8 Å². The number of rotatable bonds is 4. The Hall–Kier alpha value is -2.51. The van der Waals surface area contributed by atoms with E-state index >= 15 is 0 Å². The third kappa shape index (κ3) is 3.05. The van der Waals surface area contributed by atoms with Crippen LogP contribution in [0.1, 0.15) is 12.5 Å². The quantitative estimate of drug-likeness (QED) is 0.934. The second-order valence-electron chi connectivity index (χ2n) is 4.91. The summed E-state index contributed by atoms with van der Waals surface area (Å²) in [5.74, 6) is 0.105. The van der Waals surface area contributed by atoms with E-state index in [-0.39, 0.29) is 0 Å². The highest BCUT2D eigenvalue weighted by atomic mass is 35.5. The van der Waals surface area contributed by atoms with E-state index in [2.05, 4.69) is 11.4 Å². The van der Waals surface area contributed by atoms with Crippen molar-refractivity contribution in [2.24, 2.45) is 0 Å². The molecule has 112 valence electrons. The SMILES string of the molecule is COc1ccc(NC(=O)C(C)(C#N)c2ccccc2)cc1Cl. The third-order valence-electron chi connectivity index (χ3n) is 3.44. The van der Waals surface area contributed by atoms with Gasteiger partial charge in [-0.25, -0.2) is 0 Å². The van der Waals surface area contributed by atoms with Crippen LogP contribution in [0, 0.1) is 11.3 Å². The van der Waals surface area contributed by atoms with Gasteiger partial charge in [0.1, 0.15) is 5.75 Å². The lowest BCUT2D eigenvalue weighted by Gasteiger charge is -2.21. The first kappa shape index (κ1) is 15.9. The molecule has 2 aromatic carbocycles. The number of nitrogens with one attached hydrogen (secondary N) is 1. The van der Waals surface area contributed by atoms with Gasteiger partial charge in [-0.05, 0) is 30.7 Å². The molecular formula is C17H15ClN2O2. The molecule has 2 rings (SSSR count). The summed E-state index contributed by atoms with van der Waals surface area (Å²) in [6, 6.07) is 15.9. The number of hydrogen-bond donors (Lipinski definition) is 1. The molecule has 0 fully saturated rings. The predicted molar refractivity (Wildman–Crippen MR) is 86.0 cm³/mol. The molecule has 5 heteroatoms. The van der Waals surface area contributed by atoms with E-state index < -0.39 is 11.3 Å². The molecule has 1 N–H and O–H groups in total. The van der Waals surface area contributed by atoms with Gasteiger partial charge >= 0.3 is 0 Å². The largest absolute Gasteiger partial charge is 0.495 e. The molecule has 2 aromatic rings. The first-order chi connectivity index (χ1) is 10.5. The van der Waals surface area contributed by atoms with Crippen LogP contribution >= 0.6 is 11.6 Å². The molecule has 0 radical (unpaired) electrons. The molecule has 0 saturated carbocycles. The number of nitriles is 1. The molecule has 1 unspecified atom stereocenters. The van der Waals surface area contributed by atoms with E-state index in [0.29, 0.717) is 22.0 Å². The molecule has 0 saturated heterocycles. The van der Waals surface area contributed by atoms with Crippen molar-refractivity contribution >= 4 is 23.2 Å². The van der Waals surface area contributed by atoms with E-state index in [1.54, 1.807) is 49.4 Å². The van der Waals surface area contributed by atoms with Gasteiger partial charge in [0, 0.05) is 5.69 Å². The number of ether oxygens (including phenoxy) is 1. The van der Waals surface area contributed by atoms with Gasteiger partial charge in [0.05, 0.1) is 18.2 Å². The zero-order valence-electron chi connectivity index (χ0n) is 12.3. The maximum absolute atomic E-state index is 12.5. The minimum Gasteiger partial charge on any atom is -0.495 e. The number of methoxy groups -OCH3 is 1. The first-order valence-electron chi connectivity index (χ1n) is 6.63. The van der Waals surface area contributed by atoms with E-state index in [9.17, 15) is 10.1 Å². The Morgan fingerprint density at radius 2 is 1.95 bits per heavy atom. The molecule has 0 aromatic heterocycles. The maximum Gasteiger partial charge on any atom is 0.249 e. The van der Waals surface area contributed by atoms with Gasteiger partial charge in [-0.3, -0.25) is 4.79 Å². The lowest BCUT2D eigenvalue weighted by atomic mass is 9.83. The van der Waals surface area contributed by atoms with Crippen LogP contribution in [-0.4, -0.2) is 13.0 Å².